The van der Waals surface area contributed by atoms with Crippen LogP contribution in [0.15, 0.2) is 42.5 Å². The maximum atomic E-state index is 12.9. The molecule has 132 valence electrons. The molecule has 0 atom stereocenters. The van der Waals surface area contributed by atoms with E-state index in [0.29, 0.717) is 12.1 Å². The quantitative estimate of drug-likeness (QED) is 0.626. The molecule has 0 aliphatic carbocycles. The Balaban J connectivity index is 2.58. The highest BCUT2D eigenvalue weighted by Gasteiger charge is 2.37. The summed E-state index contributed by atoms with van der Waals surface area (Å²) < 4.78 is 77.3. The average molecular weight is 361 g/mol. The lowest BCUT2D eigenvalue weighted by atomic mass is 10.0. The minimum Gasteiger partial charge on any atom is -0.478 e. The van der Waals surface area contributed by atoms with Crippen LogP contribution in [0.25, 0.3) is 17.3 Å². The normalized spacial score (nSPS) is 12.6. The minimum atomic E-state index is -4.96. The molecule has 0 radical (unpaired) electrons. The highest BCUT2D eigenvalue weighted by molar-refractivity contribution is 5.85. The van der Waals surface area contributed by atoms with Crippen LogP contribution in [0.1, 0.15) is 16.8 Å². The molecule has 0 aliphatic rings. The zero-order valence-electron chi connectivity index (χ0n) is 12.2. The summed E-state index contributed by atoms with van der Waals surface area (Å²) in [6.45, 7) is 0. The Morgan fingerprint density at radius 1 is 0.960 bits per heavy atom. The van der Waals surface area contributed by atoms with Gasteiger partial charge >= 0.3 is 18.3 Å². The summed E-state index contributed by atoms with van der Waals surface area (Å²) in [5, 5.41) is 8.55. The van der Waals surface area contributed by atoms with Crippen LogP contribution in [-0.2, 0) is 17.1 Å². The van der Waals surface area contributed by atoms with Crippen molar-refractivity contribution >= 4 is 12.0 Å². The molecule has 2 rings (SSSR count). The Bertz CT molecular complexity index is 792. The van der Waals surface area contributed by atoms with Gasteiger partial charge in [0.1, 0.15) is 0 Å². The van der Waals surface area contributed by atoms with E-state index in [1.165, 1.54) is 18.2 Å². The second-order valence-corrected chi connectivity index (χ2v) is 4.91. The topological polar surface area (TPSA) is 50.2 Å². The summed E-state index contributed by atoms with van der Waals surface area (Å²) in [5.41, 5.74) is -3.36. The Hall–Kier alpha value is -2.84. The van der Waals surface area contributed by atoms with Crippen molar-refractivity contribution in [2.24, 2.45) is 0 Å². The zero-order chi connectivity index (χ0) is 18.8. The van der Waals surface area contributed by atoms with Gasteiger partial charge < -0.3 is 5.11 Å². The van der Waals surface area contributed by atoms with Crippen LogP contribution in [0.5, 0.6) is 0 Å². The summed E-state index contributed by atoms with van der Waals surface area (Å²) in [6, 6.07) is 5.08. The molecule has 0 aliphatic heterocycles. The molecule has 1 N–H and O–H groups in total. The monoisotopic (exact) mass is 361 g/mol. The van der Waals surface area contributed by atoms with Gasteiger partial charge in [-0.25, -0.2) is 9.78 Å². The number of aliphatic carboxylic acids is 1. The standard InChI is InChI=1S/C16H9F6NO2/c17-15(18,19)10-6-9(7-11(8-10)16(20,21)22)13-3-1-2-12(23-13)4-5-14(24)25/h1-8H,(H,24,25). The first kappa shape index (κ1) is 18.5. The minimum absolute atomic E-state index is 0.0255. The third-order valence-corrected chi connectivity index (χ3v) is 3.05. The first-order chi connectivity index (χ1) is 11.5. The van der Waals surface area contributed by atoms with Crippen LogP contribution in [0.2, 0.25) is 0 Å². The summed E-state index contributed by atoms with van der Waals surface area (Å²) in [7, 11) is 0. The number of nitrogens with zero attached hydrogens (tertiary/aromatic N) is 1. The van der Waals surface area contributed by atoms with Gasteiger partial charge in [0.05, 0.1) is 22.5 Å². The number of carboxylic acids is 1. The summed E-state index contributed by atoms with van der Waals surface area (Å²) in [4.78, 5) is 14.3. The van der Waals surface area contributed by atoms with Gasteiger partial charge in [-0.1, -0.05) is 6.07 Å². The van der Waals surface area contributed by atoms with Gasteiger partial charge in [0, 0.05) is 11.6 Å². The molecule has 25 heavy (non-hydrogen) atoms. The van der Waals surface area contributed by atoms with Crippen molar-refractivity contribution in [3.8, 4) is 11.3 Å². The predicted octanol–water partition coefficient (Wildman–Crippen LogP) is 4.88. The highest BCUT2D eigenvalue weighted by Crippen LogP contribution is 2.38. The van der Waals surface area contributed by atoms with E-state index < -0.39 is 29.4 Å². The van der Waals surface area contributed by atoms with E-state index >= 15 is 0 Å². The van der Waals surface area contributed by atoms with E-state index in [2.05, 4.69) is 4.98 Å². The van der Waals surface area contributed by atoms with Crippen molar-refractivity contribution < 1.29 is 36.2 Å². The number of alkyl halides is 6. The highest BCUT2D eigenvalue weighted by atomic mass is 19.4. The van der Waals surface area contributed by atoms with Crippen LogP contribution in [0.4, 0.5) is 26.3 Å². The molecule has 1 heterocycles. The third-order valence-electron chi connectivity index (χ3n) is 3.05. The van der Waals surface area contributed by atoms with E-state index in [4.69, 9.17) is 5.11 Å². The number of hydrogen-bond donors (Lipinski definition) is 1. The number of rotatable bonds is 3. The van der Waals surface area contributed by atoms with Crippen molar-refractivity contribution in [3.05, 3.63) is 59.3 Å². The average Bonchev–Trinajstić information content (AvgIpc) is 2.51. The van der Waals surface area contributed by atoms with Gasteiger partial charge in [-0.2, -0.15) is 26.3 Å². The first-order valence-electron chi connectivity index (χ1n) is 6.65. The first-order valence-corrected chi connectivity index (χ1v) is 6.65. The van der Waals surface area contributed by atoms with Crippen LogP contribution < -0.4 is 0 Å². The third kappa shape index (κ3) is 4.82. The molecule has 9 heteroatoms. The van der Waals surface area contributed by atoms with Crippen molar-refractivity contribution in [2.45, 2.75) is 12.4 Å². The lowest BCUT2D eigenvalue weighted by Crippen LogP contribution is -2.11. The Morgan fingerprint density at radius 3 is 2.00 bits per heavy atom. The van der Waals surface area contributed by atoms with Gasteiger partial charge in [0.2, 0.25) is 0 Å². The Kier molecular flexibility index (Phi) is 4.87. The molecule has 0 saturated carbocycles. The number of pyridine rings is 1. The molecule has 0 saturated heterocycles. The molecule has 0 unspecified atom stereocenters. The van der Waals surface area contributed by atoms with E-state index in [0.717, 1.165) is 12.2 Å². The fourth-order valence-corrected chi connectivity index (χ4v) is 1.96. The summed E-state index contributed by atoms with van der Waals surface area (Å²) >= 11 is 0. The lowest BCUT2D eigenvalue weighted by Gasteiger charge is -2.14. The van der Waals surface area contributed by atoms with Crippen molar-refractivity contribution in [1.82, 2.24) is 4.98 Å². The van der Waals surface area contributed by atoms with Gasteiger partial charge in [0.15, 0.2) is 0 Å². The van der Waals surface area contributed by atoms with Crippen LogP contribution in [-0.4, -0.2) is 16.1 Å². The number of benzene rings is 1. The molecular weight excluding hydrogens is 352 g/mol. The van der Waals surface area contributed by atoms with Gasteiger partial charge in [-0.05, 0) is 36.4 Å². The zero-order valence-corrected chi connectivity index (χ0v) is 12.2. The van der Waals surface area contributed by atoms with Crippen molar-refractivity contribution in [2.75, 3.05) is 0 Å². The number of aromatic nitrogens is 1. The molecule has 1 aromatic heterocycles. The fraction of sp³-hybridized carbons (Fsp3) is 0.125. The Labute approximate surface area is 137 Å². The summed E-state index contributed by atoms with van der Waals surface area (Å²) in [6.07, 6.45) is -8.10. The molecular formula is C16H9F6NO2. The molecule has 2 aromatic rings. The van der Waals surface area contributed by atoms with Crippen LogP contribution in [0, 0.1) is 0 Å². The predicted molar refractivity (Wildman–Crippen MR) is 76.3 cm³/mol. The van der Waals surface area contributed by atoms with Crippen molar-refractivity contribution in [1.29, 1.82) is 0 Å². The van der Waals surface area contributed by atoms with E-state index in [9.17, 15) is 31.1 Å². The number of carboxylic acid groups (broad SMARTS) is 1. The van der Waals surface area contributed by atoms with Crippen molar-refractivity contribution in [3.63, 3.8) is 0 Å². The van der Waals surface area contributed by atoms with E-state index in [1.807, 2.05) is 0 Å². The molecule has 1 aromatic carbocycles. The van der Waals surface area contributed by atoms with E-state index in [1.54, 1.807) is 0 Å². The Morgan fingerprint density at radius 2 is 1.52 bits per heavy atom. The molecule has 0 fully saturated rings. The van der Waals surface area contributed by atoms with E-state index in [-0.39, 0.29) is 23.0 Å². The van der Waals surface area contributed by atoms with Gasteiger partial charge in [-0.15, -0.1) is 0 Å². The molecule has 0 spiro atoms. The number of hydrogen-bond acceptors (Lipinski definition) is 2. The lowest BCUT2D eigenvalue weighted by molar-refractivity contribution is -0.143. The SMILES string of the molecule is O=C(O)C=Cc1cccc(-c2cc(C(F)(F)F)cc(C(F)(F)F)c2)n1. The summed E-state index contributed by atoms with van der Waals surface area (Å²) in [5.74, 6) is -1.27. The molecule has 0 amide bonds. The fourth-order valence-electron chi connectivity index (χ4n) is 1.96. The second-order valence-electron chi connectivity index (χ2n) is 4.91. The number of halogens is 6. The van der Waals surface area contributed by atoms with Gasteiger partial charge in [0.25, 0.3) is 0 Å². The van der Waals surface area contributed by atoms with Crippen LogP contribution in [0.3, 0.4) is 0 Å². The number of carbonyl (C=O) groups is 1. The largest absolute Gasteiger partial charge is 0.478 e. The maximum Gasteiger partial charge on any atom is 0.416 e. The second kappa shape index (κ2) is 6.58. The molecule has 3 nitrogen and oxygen atoms in total. The van der Waals surface area contributed by atoms with Crippen LogP contribution >= 0.6 is 0 Å². The van der Waals surface area contributed by atoms with Gasteiger partial charge in [-0.3, -0.25) is 0 Å². The molecule has 0 bridgehead atoms. The maximum absolute atomic E-state index is 12.9. The smallest absolute Gasteiger partial charge is 0.416 e.